The lowest BCUT2D eigenvalue weighted by Gasteiger charge is -2.33. The molecule has 2 fully saturated rings. The van der Waals surface area contributed by atoms with Crippen LogP contribution in [0, 0.1) is 0 Å². The van der Waals surface area contributed by atoms with Crippen LogP contribution in [0.15, 0.2) is 5.38 Å². The van der Waals surface area contributed by atoms with Gasteiger partial charge in [-0.15, -0.1) is 11.3 Å². The normalized spacial score (nSPS) is 21.8. The van der Waals surface area contributed by atoms with Gasteiger partial charge in [0.05, 0.1) is 12.1 Å². The number of carbonyl (C=O) groups is 2. The molecule has 2 heterocycles. The molecule has 1 aromatic heterocycles. The van der Waals surface area contributed by atoms with E-state index in [2.05, 4.69) is 22.5 Å². The first-order chi connectivity index (χ1) is 12.1. The molecule has 1 aliphatic heterocycles. The van der Waals surface area contributed by atoms with Gasteiger partial charge >= 0.3 is 6.03 Å². The van der Waals surface area contributed by atoms with Gasteiger partial charge in [0.2, 0.25) is 5.91 Å². The highest BCUT2D eigenvalue weighted by molar-refractivity contribution is 7.13. The number of hydrogen-bond donors (Lipinski definition) is 2. The number of thiazole rings is 1. The van der Waals surface area contributed by atoms with Gasteiger partial charge < -0.3 is 10.2 Å². The van der Waals surface area contributed by atoms with Gasteiger partial charge in [0.25, 0.3) is 0 Å². The smallest absolute Gasteiger partial charge is 0.321 e. The zero-order valence-electron chi connectivity index (χ0n) is 14.9. The highest BCUT2D eigenvalue weighted by atomic mass is 32.1. The van der Waals surface area contributed by atoms with Crippen LogP contribution >= 0.6 is 11.3 Å². The number of carbonyl (C=O) groups excluding carboxylic acids is 2. The maximum Gasteiger partial charge on any atom is 0.321 e. The fourth-order valence-corrected chi connectivity index (χ4v) is 4.44. The molecule has 0 aromatic carbocycles. The lowest BCUT2D eigenvalue weighted by atomic mass is 9.96. The maximum atomic E-state index is 12.5. The average molecular weight is 365 g/mol. The van der Waals surface area contributed by atoms with E-state index in [4.69, 9.17) is 0 Å². The highest BCUT2D eigenvalue weighted by Crippen LogP contribution is 2.21. The van der Waals surface area contributed by atoms with Crippen molar-refractivity contribution >= 4 is 28.4 Å². The molecule has 0 bridgehead atoms. The van der Waals surface area contributed by atoms with Crippen LogP contribution in [0.3, 0.4) is 0 Å². The number of nitrogens with zero attached hydrogens (tertiary/aromatic N) is 2. The largest absolute Gasteiger partial charge is 0.340 e. The number of likely N-dealkylation sites (tertiary alicyclic amines) is 1. The van der Waals surface area contributed by atoms with Gasteiger partial charge in [-0.25, -0.2) is 9.78 Å². The number of nitrogens with one attached hydrogen (secondary N) is 2. The summed E-state index contributed by atoms with van der Waals surface area (Å²) in [5.41, 5.74) is 0.737. The second-order valence-corrected chi connectivity index (χ2v) is 8.04. The van der Waals surface area contributed by atoms with Crippen LogP contribution in [-0.2, 0) is 11.2 Å². The van der Waals surface area contributed by atoms with E-state index < -0.39 is 0 Å². The third kappa shape index (κ3) is 5.17. The van der Waals surface area contributed by atoms with Crippen LogP contribution in [0.4, 0.5) is 9.93 Å². The van der Waals surface area contributed by atoms with Crippen molar-refractivity contribution in [2.24, 2.45) is 0 Å². The van der Waals surface area contributed by atoms with E-state index in [0.717, 1.165) is 37.9 Å². The summed E-state index contributed by atoms with van der Waals surface area (Å²) in [7, 11) is 0. The summed E-state index contributed by atoms with van der Waals surface area (Å²) in [4.78, 5) is 30.9. The van der Waals surface area contributed by atoms with Gasteiger partial charge in [0.15, 0.2) is 5.13 Å². The highest BCUT2D eigenvalue weighted by Gasteiger charge is 2.24. The summed E-state index contributed by atoms with van der Waals surface area (Å²) in [5, 5.41) is 8.24. The maximum absolute atomic E-state index is 12.5. The van der Waals surface area contributed by atoms with Crippen LogP contribution in [-0.4, -0.2) is 40.5 Å². The number of amides is 3. The fourth-order valence-electron chi connectivity index (χ4n) is 3.74. The van der Waals surface area contributed by atoms with E-state index in [0.29, 0.717) is 17.6 Å². The van der Waals surface area contributed by atoms with E-state index >= 15 is 0 Å². The minimum absolute atomic E-state index is 0.135. The van der Waals surface area contributed by atoms with Gasteiger partial charge in [0.1, 0.15) is 0 Å². The molecule has 6 nitrogen and oxygen atoms in total. The first-order valence-electron chi connectivity index (χ1n) is 9.43. The van der Waals surface area contributed by atoms with Gasteiger partial charge in [-0.1, -0.05) is 19.3 Å². The minimum Gasteiger partial charge on any atom is -0.340 e. The Kier molecular flexibility index (Phi) is 6.29. The third-order valence-electron chi connectivity index (χ3n) is 5.17. The Morgan fingerprint density at radius 2 is 1.96 bits per heavy atom. The van der Waals surface area contributed by atoms with Crippen molar-refractivity contribution in [3.63, 3.8) is 0 Å². The Bertz CT molecular complexity index is 598. The Hall–Kier alpha value is -1.63. The monoisotopic (exact) mass is 364 g/mol. The third-order valence-corrected chi connectivity index (χ3v) is 5.97. The molecule has 138 valence electrons. The summed E-state index contributed by atoms with van der Waals surface area (Å²) in [6.45, 7) is 2.96. The van der Waals surface area contributed by atoms with Crippen LogP contribution in [0.2, 0.25) is 0 Å². The zero-order chi connectivity index (χ0) is 17.6. The van der Waals surface area contributed by atoms with Gasteiger partial charge in [-0.3, -0.25) is 10.1 Å². The van der Waals surface area contributed by atoms with Crippen molar-refractivity contribution in [1.29, 1.82) is 0 Å². The lowest BCUT2D eigenvalue weighted by molar-refractivity contribution is -0.133. The molecule has 1 aromatic rings. The number of aromatic nitrogens is 1. The average Bonchev–Trinajstić information content (AvgIpc) is 3.02. The van der Waals surface area contributed by atoms with Crippen LogP contribution in [0.5, 0.6) is 0 Å². The predicted molar refractivity (Wildman–Crippen MR) is 99.9 cm³/mol. The van der Waals surface area contributed by atoms with E-state index in [1.165, 1.54) is 37.0 Å². The van der Waals surface area contributed by atoms with Gasteiger partial charge in [-0.05, 0) is 39.0 Å². The van der Waals surface area contributed by atoms with Crippen LogP contribution in [0.25, 0.3) is 0 Å². The molecule has 2 aliphatic rings. The van der Waals surface area contributed by atoms with Crippen LogP contribution < -0.4 is 10.6 Å². The lowest BCUT2D eigenvalue weighted by Crippen LogP contribution is -2.42. The van der Waals surface area contributed by atoms with E-state index in [-0.39, 0.29) is 18.0 Å². The summed E-state index contributed by atoms with van der Waals surface area (Å²) in [6.07, 6.45) is 9.42. The standard InChI is InChI=1S/C18H28N4O2S/c1-13-7-5-6-10-22(13)16(23)11-15-12-25-18(20-15)21-17(24)19-14-8-3-2-4-9-14/h12-14H,2-11H2,1H3,(H2,19,20,21,24). The van der Waals surface area contributed by atoms with E-state index in [1.807, 2.05) is 10.3 Å². The molecule has 7 heteroatoms. The summed E-state index contributed by atoms with van der Waals surface area (Å²) in [5.74, 6) is 0.135. The van der Waals surface area contributed by atoms with Crippen LogP contribution in [0.1, 0.15) is 64.0 Å². The molecule has 1 atom stereocenters. The number of piperidine rings is 1. The zero-order valence-corrected chi connectivity index (χ0v) is 15.7. The topological polar surface area (TPSA) is 74.3 Å². The summed E-state index contributed by atoms with van der Waals surface area (Å²) in [6, 6.07) is 0.401. The molecular weight excluding hydrogens is 336 g/mol. The number of rotatable bonds is 4. The van der Waals surface area contributed by atoms with Gasteiger partial charge in [0, 0.05) is 24.0 Å². The SMILES string of the molecule is CC1CCCCN1C(=O)Cc1csc(NC(=O)NC2CCCCC2)n1. The predicted octanol–water partition coefficient (Wildman–Crippen LogP) is 3.54. The fraction of sp³-hybridized carbons (Fsp3) is 0.722. The summed E-state index contributed by atoms with van der Waals surface area (Å²) < 4.78 is 0. The first kappa shape index (κ1) is 18.2. The molecule has 2 N–H and O–H groups in total. The van der Waals surface area contributed by atoms with Crippen molar-refractivity contribution < 1.29 is 9.59 Å². The minimum atomic E-state index is -0.191. The molecular formula is C18H28N4O2S. The molecule has 0 radical (unpaired) electrons. The molecule has 1 aliphatic carbocycles. The molecule has 3 rings (SSSR count). The Labute approximate surface area is 153 Å². The number of anilines is 1. The van der Waals surface area contributed by atoms with Crippen molar-refractivity contribution in [2.75, 3.05) is 11.9 Å². The van der Waals surface area contributed by atoms with Crippen molar-refractivity contribution in [2.45, 2.75) is 76.8 Å². The van der Waals surface area contributed by atoms with Gasteiger partial charge in [-0.2, -0.15) is 0 Å². The number of hydrogen-bond acceptors (Lipinski definition) is 4. The Morgan fingerprint density at radius 3 is 2.72 bits per heavy atom. The van der Waals surface area contributed by atoms with Crippen molar-refractivity contribution in [1.82, 2.24) is 15.2 Å². The first-order valence-corrected chi connectivity index (χ1v) is 10.3. The molecule has 25 heavy (non-hydrogen) atoms. The summed E-state index contributed by atoms with van der Waals surface area (Å²) >= 11 is 1.38. The Morgan fingerprint density at radius 1 is 1.20 bits per heavy atom. The molecule has 1 saturated carbocycles. The van der Waals surface area contributed by atoms with E-state index in [9.17, 15) is 9.59 Å². The number of urea groups is 1. The molecule has 1 saturated heterocycles. The molecule has 1 unspecified atom stereocenters. The second-order valence-electron chi connectivity index (χ2n) is 7.19. The quantitative estimate of drug-likeness (QED) is 0.858. The molecule has 0 spiro atoms. The second kappa shape index (κ2) is 8.65. The Balaban J connectivity index is 1.48. The molecule has 3 amide bonds. The van der Waals surface area contributed by atoms with Crippen molar-refractivity contribution in [3.8, 4) is 0 Å². The van der Waals surface area contributed by atoms with E-state index in [1.54, 1.807) is 0 Å². The van der Waals surface area contributed by atoms with Crippen molar-refractivity contribution in [3.05, 3.63) is 11.1 Å².